The van der Waals surface area contributed by atoms with E-state index in [1.54, 1.807) is 0 Å². The molecule has 2 heterocycles. The van der Waals surface area contributed by atoms with Gasteiger partial charge in [-0.05, 0) is 0 Å². The van der Waals surface area contributed by atoms with E-state index in [1.165, 1.54) is 0 Å². The molecule has 0 unspecified atom stereocenters. The normalized spacial score (nSPS) is 9.86. The van der Waals surface area contributed by atoms with Crippen LogP contribution in [0.25, 0.3) is 0 Å². The van der Waals surface area contributed by atoms with Gasteiger partial charge in [-0.25, -0.2) is 57.5 Å². The first kappa shape index (κ1) is 33.7. The van der Waals surface area contributed by atoms with Crippen LogP contribution in [0.4, 0.5) is 0 Å². The summed E-state index contributed by atoms with van der Waals surface area (Å²) in [5.41, 5.74) is -9.42. The summed E-state index contributed by atoms with van der Waals surface area (Å²) < 4.78 is -1.28. The van der Waals surface area contributed by atoms with Crippen LogP contribution in [0.5, 0.6) is 0 Å². The fourth-order valence-electron chi connectivity index (χ4n) is 2.23. The third kappa shape index (κ3) is 8.32. The smallest absolute Gasteiger partial charge is 0.327 e. The van der Waals surface area contributed by atoms with E-state index < -0.39 is 70.0 Å². The fraction of sp³-hybridized carbons (Fsp3) is 0.333. The molecule has 0 spiro atoms. The molecule has 0 aliphatic heterocycles. The van der Waals surface area contributed by atoms with E-state index in [9.17, 15) is 57.5 Å². The van der Waals surface area contributed by atoms with E-state index in [0.717, 1.165) is 41.5 Å². The largest absolute Gasteiger partial charge is 0.405 e. The Labute approximate surface area is 227 Å². The fourth-order valence-corrected chi connectivity index (χ4v) is 2.23. The van der Waals surface area contributed by atoms with E-state index in [4.69, 9.17) is 0 Å². The van der Waals surface area contributed by atoms with E-state index in [1.807, 2.05) is 0 Å². The summed E-state index contributed by atoms with van der Waals surface area (Å²) in [7, 11) is 0. The number of carbonyl (C=O) groups is 6. The summed E-state index contributed by atoms with van der Waals surface area (Å²) in [6.45, 7) is 5.19. The van der Waals surface area contributed by atoms with Gasteiger partial charge in [0.05, 0.1) is 0 Å². The highest BCUT2D eigenvalue weighted by Gasteiger charge is 2.23. The van der Waals surface area contributed by atoms with Gasteiger partial charge in [0, 0.05) is 41.5 Å². The topological polar surface area (TPSA) is 290 Å². The SMILES string of the molecule is CC(=O)On1c(=O)n(OC(C)=O)c(=O)n(OC(C)=O)c1=O.CC(=O)On1c(=O)n(OC(C)=O)c(=O)n(OC(C)=O)c1=O. The number of hydrogen-bond acceptors (Lipinski definition) is 18. The van der Waals surface area contributed by atoms with Gasteiger partial charge in [-0.2, -0.15) is 0 Å². The van der Waals surface area contributed by atoms with Gasteiger partial charge in [0.2, 0.25) is 0 Å². The average molecular weight is 606 g/mol. The van der Waals surface area contributed by atoms with Crippen molar-refractivity contribution in [2.24, 2.45) is 0 Å². The molecular formula is C18H18N6O18. The van der Waals surface area contributed by atoms with E-state index in [-0.39, 0.29) is 28.4 Å². The zero-order valence-electron chi connectivity index (χ0n) is 22.0. The lowest BCUT2D eigenvalue weighted by Gasteiger charge is -2.10. The highest BCUT2D eigenvalue weighted by Crippen LogP contribution is 1.75. The maximum absolute atomic E-state index is 11.7. The first-order valence-electron chi connectivity index (χ1n) is 10.5. The zero-order valence-corrected chi connectivity index (χ0v) is 22.0. The Kier molecular flexibility index (Phi) is 10.9. The van der Waals surface area contributed by atoms with Crippen LogP contribution in [0.2, 0.25) is 0 Å². The summed E-state index contributed by atoms with van der Waals surface area (Å²) in [4.78, 5) is 161. The first-order valence-corrected chi connectivity index (χ1v) is 10.5. The minimum Gasteiger partial charge on any atom is -0.327 e. The van der Waals surface area contributed by atoms with E-state index >= 15 is 0 Å². The van der Waals surface area contributed by atoms with Gasteiger partial charge in [0.15, 0.2) is 0 Å². The zero-order chi connectivity index (χ0) is 32.6. The predicted molar refractivity (Wildman–Crippen MR) is 122 cm³/mol. The van der Waals surface area contributed by atoms with Crippen LogP contribution in [0.3, 0.4) is 0 Å². The average Bonchev–Trinajstić information content (AvgIpc) is 2.85. The van der Waals surface area contributed by atoms with E-state index in [2.05, 4.69) is 29.0 Å². The summed E-state index contributed by atoms with van der Waals surface area (Å²) in [5, 5.41) is 0. The van der Waals surface area contributed by atoms with Crippen molar-refractivity contribution in [3.05, 3.63) is 62.9 Å². The molecule has 0 aliphatic rings. The van der Waals surface area contributed by atoms with Gasteiger partial charge in [-0.3, -0.25) is 0 Å². The van der Waals surface area contributed by atoms with Gasteiger partial charge in [-0.1, -0.05) is 28.4 Å². The first-order chi connectivity index (χ1) is 19.3. The molecule has 2 rings (SSSR count). The lowest BCUT2D eigenvalue weighted by molar-refractivity contribution is -0.152. The molecular weight excluding hydrogens is 588 g/mol. The van der Waals surface area contributed by atoms with Crippen molar-refractivity contribution in [2.45, 2.75) is 41.5 Å². The molecule has 2 aromatic rings. The molecule has 0 saturated heterocycles. The quantitative estimate of drug-likeness (QED) is 0.295. The van der Waals surface area contributed by atoms with Crippen molar-refractivity contribution < 1.29 is 57.8 Å². The molecule has 228 valence electrons. The standard InChI is InChI=1S/2C9H9N3O9/c2*1-4(13)19-10-7(16)11(20-5(2)14)9(18)12(8(10)17)21-6(3)15/h2*1-3H3. The summed E-state index contributed by atoms with van der Waals surface area (Å²) in [5.74, 6) is -6.52. The van der Waals surface area contributed by atoms with E-state index in [0.29, 0.717) is 0 Å². The Morgan fingerprint density at radius 3 is 0.476 bits per heavy atom. The lowest BCUT2D eigenvalue weighted by Crippen LogP contribution is -2.60. The molecule has 42 heavy (non-hydrogen) atoms. The van der Waals surface area contributed by atoms with Gasteiger partial charge < -0.3 is 29.0 Å². The van der Waals surface area contributed by atoms with Gasteiger partial charge in [0.1, 0.15) is 0 Å². The van der Waals surface area contributed by atoms with Crippen LogP contribution in [0.15, 0.2) is 28.8 Å². The van der Waals surface area contributed by atoms with Crippen molar-refractivity contribution in [3.8, 4) is 0 Å². The second-order valence-electron chi connectivity index (χ2n) is 6.96. The van der Waals surface area contributed by atoms with Crippen molar-refractivity contribution in [3.63, 3.8) is 0 Å². The molecule has 0 radical (unpaired) electrons. The number of rotatable bonds is 6. The molecule has 0 fully saturated rings. The molecule has 0 amide bonds. The van der Waals surface area contributed by atoms with Crippen LogP contribution >= 0.6 is 0 Å². The lowest BCUT2D eigenvalue weighted by atomic mass is 10.8. The number of hydrogen-bond donors (Lipinski definition) is 0. The minimum absolute atomic E-state index is 0.213. The number of carbonyl (C=O) groups excluding carboxylic acids is 6. The van der Waals surface area contributed by atoms with Crippen LogP contribution in [0, 0.1) is 0 Å². The summed E-state index contributed by atoms with van der Waals surface area (Å²) in [6, 6.07) is 0. The Bertz CT molecular complexity index is 1430. The molecule has 0 saturated carbocycles. The second kappa shape index (κ2) is 13.6. The highest BCUT2D eigenvalue weighted by atomic mass is 16.8. The van der Waals surface area contributed by atoms with Crippen molar-refractivity contribution >= 4 is 35.8 Å². The highest BCUT2D eigenvalue weighted by molar-refractivity contribution is 5.68. The monoisotopic (exact) mass is 606 g/mol. The Hall–Kier alpha value is -6.36. The Balaban J connectivity index is 0.000000420. The van der Waals surface area contributed by atoms with Gasteiger partial charge in [-0.15, -0.1) is 0 Å². The molecule has 0 N–H and O–H groups in total. The number of nitrogens with zero attached hydrogens (tertiary/aromatic N) is 6. The van der Waals surface area contributed by atoms with Crippen LogP contribution in [-0.4, -0.2) is 64.2 Å². The van der Waals surface area contributed by atoms with Crippen molar-refractivity contribution in [1.82, 2.24) is 28.4 Å². The molecule has 0 aliphatic carbocycles. The third-order valence-electron chi connectivity index (χ3n) is 3.40. The van der Waals surface area contributed by atoms with Crippen molar-refractivity contribution in [1.29, 1.82) is 0 Å². The van der Waals surface area contributed by atoms with Crippen molar-refractivity contribution in [2.75, 3.05) is 0 Å². The number of aromatic nitrogens is 6. The second-order valence-corrected chi connectivity index (χ2v) is 6.96. The van der Waals surface area contributed by atoms with Crippen LogP contribution in [-0.2, 0) is 28.8 Å². The molecule has 24 nitrogen and oxygen atoms in total. The van der Waals surface area contributed by atoms with Gasteiger partial charge >= 0.3 is 70.0 Å². The molecule has 0 aromatic carbocycles. The molecule has 2 aromatic heterocycles. The Morgan fingerprint density at radius 1 is 0.310 bits per heavy atom. The third-order valence-corrected chi connectivity index (χ3v) is 3.40. The van der Waals surface area contributed by atoms with Gasteiger partial charge in [0.25, 0.3) is 0 Å². The maximum atomic E-state index is 11.7. The molecule has 0 bridgehead atoms. The summed E-state index contributed by atoms with van der Waals surface area (Å²) in [6.07, 6.45) is 0. The maximum Gasteiger partial charge on any atom is 0.405 e. The molecule has 24 heteroatoms. The van der Waals surface area contributed by atoms with Crippen LogP contribution < -0.4 is 63.2 Å². The summed E-state index contributed by atoms with van der Waals surface area (Å²) >= 11 is 0. The molecule has 0 atom stereocenters. The minimum atomic E-state index is -1.57. The Morgan fingerprint density at radius 2 is 0.405 bits per heavy atom. The predicted octanol–water partition coefficient (Wildman–Crippen LogP) is -7.81. The van der Waals surface area contributed by atoms with Crippen LogP contribution in [0.1, 0.15) is 41.5 Å².